The third-order valence-electron chi connectivity index (χ3n) is 2.98. The van der Waals surface area contributed by atoms with Gasteiger partial charge in [0, 0.05) is 5.56 Å². The molecule has 0 aliphatic carbocycles. The lowest BCUT2D eigenvalue weighted by molar-refractivity contribution is -0.134. The van der Waals surface area contributed by atoms with E-state index in [1.165, 1.54) is 0 Å². The molecule has 5 heteroatoms. The minimum absolute atomic E-state index is 0.0609. The van der Waals surface area contributed by atoms with Crippen LogP contribution in [-0.4, -0.2) is 24.4 Å². The van der Waals surface area contributed by atoms with Gasteiger partial charge in [0.2, 0.25) is 5.71 Å². The van der Waals surface area contributed by atoms with Crippen molar-refractivity contribution >= 4 is 17.8 Å². The van der Waals surface area contributed by atoms with Crippen LogP contribution in [-0.2, 0) is 20.9 Å². The molecule has 2 rings (SSSR count). The molecule has 0 heterocycles. The van der Waals surface area contributed by atoms with E-state index in [4.69, 9.17) is 9.47 Å². The highest BCUT2D eigenvalue weighted by Gasteiger charge is 2.13. The second-order valence-electron chi connectivity index (χ2n) is 4.84. The smallest absolute Gasteiger partial charge is 0.435 e. The Morgan fingerprint density at radius 1 is 0.960 bits per heavy atom. The fraction of sp³-hybridized carbons (Fsp3) is 0.150. The van der Waals surface area contributed by atoms with Crippen molar-refractivity contribution in [3.63, 3.8) is 0 Å². The number of amides is 1. The first-order valence-electron chi connectivity index (χ1n) is 7.72. The highest BCUT2D eigenvalue weighted by Crippen LogP contribution is 2.02. The van der Waals surface area contributed by atoms with E-state index < -0.39 is 12.1 Å². The Morgan fingerprint density at radius 2 is 1.60 bits per heavy atom. The summed E-state index contributed by atoms with van der Waals surface area (Å²) in [6.07, 6.45) is -0.894. The molecule has 0 spiro atoms. The molecule has 0 radical (unpaired) electrons. The maximum atomic E-state index is 11.9. The fourth-order valence-corrected chi connectivity index (χ4v) is 1.82. The minimum Gasteiger partial charge on any atom is -0.461 e. The van der Waals surface area contributed by atoms with E-state index in [-0.39, 0.29) is 18.9 Å². The summed E-state index contributed by atoms with van der Waals surface area (Å²) < 4.78 is 9.91. The van der Waals surface area contributed by atoms with Gasteiger partial charge < -0.3 is 9.47 Å². The van der Waals surface area contributed by atoms with Crippen molar-refractivity contribution in [2.75, 3.05) is 6.61 Å². The predicted octanol–water partition coefficient (Wildman–Crippen LogP) is 3.38. The quantitative estimate of drug-likeness (QED) is 0.488. The van der Waals surface area contributed by atoms with Crippen molar-refractivity contribution in [1.29, 1.82) is 0 Å². The Bertz CT molecular complexity index is 802. The first-order valence-corrected chi connectivity index (χ1v) is 7.72. The number of ether oxygens (including phenoxy) is 2. The van der Waals surface area contributed by atoms with Crippen LogP contribution in [0.2, 0.25) is 0 Å². The highest BCUT2D eigenvalue weighted by atomic mass is 16.5. The zero-order valence-electron chi connectivity index (χ0n) is 13.8. The van der Waals surface area contributed by atoms with E-state index in [1.807, 2.05) is 48.5 Å². The zero-order valence-corrected chi connectivity index (χ0v) is 13.8. The van der Waals surface area contributed by atoms with Crippen molar-refractivity contribution in [1.82, 2.24) is 0 Å². The number of carbonyl (C=O) groups is 2. The SMILES string of the molecule is CCOC(=O)/C(C#Cc1ccccc1)=N\C(=O)OCc1ccccc1. The summed E-state index contributed by atoms with van der Waals surface area (Å²) >= 11 is 0. The van der Waals surface area contributed by atoms with Crippen molar-refractivity contribution in [3.05, 3.63) is 71.8 Å². The minimum atomic E-state index is -0.894. The molecule has 0 N–H and O–H groups in total. The van der Waals surface area contributed by atoms with Crippen LogP contribution in [0.4, 0.5) is 4.79 Å². The van der Waals surface area contributed by atoms with E-state index in [9.17, 15) is 9.59 Å². The Balaban J connectivity index is 2.11. The molecule has 0 unspecified atom stereocenters. The number of rotatable bonds is 4. The third-order valence-corrected chi connectivity index (χ3v) is 2.98. The van der Waals surface area contributed by atoms with Gasteiger partial charge in [0.05, 0.1) is 6.61 Å². The summed E-state index contributed by atoms with van der Waals surface area (Å²) in [5.41, 5.74) is 1.22. The lowest BCUT2D eigenvalue weighted by Gasteiger charge is -2.02. The van der Waals surface area contributed by atoms with Gasteiger partial charge in [0.15, 0.2) is 0 Å². The molecule has 5 nitrogen and oxygen atoms in total. The van der Waals surface area contributed by atoms with Crippen LogP contribution in [0.3, 0.4) is 0 Å². The number of esters is 1. The fourth-order valence-electron chi connectivity index (χ4n) is 1.82. The van der Waals surface area contributed by atoms with Crippen LogP contribution < -0.4 is 0 Å². The monoisotopic (exact) mass is 335 g/mol. The molecule has 2 aromatic rings. The predicted molar refractivity (Wildman–Crippen MR) is 94.0 cm³/mol. The van der Waals surface area contributed by atoms with Crippen LogP contribution in [0.1, 0.15) is 18.1 Å². The van der Waals surface area contributed by atoms with Gasteiger partial charge in [0.1, 0.15) is 6.61 Å². The van der Waals surface area contributed by atoms with Gasteiger partial charge in [-0.2, -0.15) is 4.99 Å². The molecule has 0 saturated carbocycles. The molecule has 0 saturated heterocycles. The Kier molecular flexibility index (Phi) is 6.95. The maximum absolute atomic E-state index is 11.9. The molecular weight excluding hydrogens is 318 g/mol. The molecule has 126 valence electrons. The number of hydrogen-bond donors (Lipinski definition) is 0. The average Bonchev–Trinajstić information content (AvgIpc) is 2.65. The molecule has 0 atom stereocenters. The van der Waals surface area contributed by atoms with Crippen LogP contribution >= 0.6 is 0 Å². The molecular formula is C20H17NO4. The van der Waals surface area contributed by atoms with E-state index in [0.29, 0.717) is 5.56 Å². The van der Waals surface area contributed by atoms with Crippen molar-refractivity contribution < 1.29 is 19.1 Å². The lowest BCUT2D eigenvalue weighted by Crippen LogP contribution is -2.18. The van der Waals surface area contributed by atoms with Gasteiger partial charge in [-0.1, -0.05) is 54.5 Å². The Hall–Kier alpha value is -3.39. The maximum Gasteiger partial charge on any atom is 0.435 e. The van der Waals surface area contributed by atoms with E-state index in [1.54, 1.807) is 19.1 Å². The number of carbonyl (C=O) groups excluding carboxylic acids is 2. The van der Waals surface area contributed by atoms with Gasteiger partial charge >= 0.3 is 12.1 Å². The normalized spacial score (nSPS) is 10.4. The van der Waals surface area contributed by atoms with Gasteiger partial charge in [0.25, 0.3) is 0 Å². The highest BCUT2D eigenvalue weighted by molar-refractivity contribution is 6.45. The molecule has 1 amide bonds. The summed E-state index contributed by atoms with van der Waals surface area (Å²) in [6, 6.07) is 18.2. The largest absolute Gasteiger partial charge is 0.461 e. The standard InChI is InChI=1S/C20H17NO4/c1-2-24-19(22)18(14-13-16-9-5-3-6-10-16)21-20(23)25-15-17-11-7-4-8-12-17/h3-12H,2,15H2,1H3/b21-18-. The molecule has 0 aliphatic heterocycles. The summed E-state index contributed by atoms with van der Waals surface area (Å²) in [4.78, 5) is 27.4. The molecule has 0 aromatic heterocycles. The lowest BCUT2D eigenvalue weighted by atomic mass is 10.2. The first-order chi connectivity index (χ1) is 12.2. The van der Waals surface area contributed by atoms with Crippen LogP contribution in [0, 0.1) is 11.8 Å². The summed E-state index contributed by atoms with van der Waals surface area (Å²) in [5, 5.41) is 0. The van der Waals surface area contributed by atoms with E-state index >= 15 is 0 Å². The first kappa shape index (κ1) is 18.0. The van der Waals surface area contributed by atoms with Crippen LogP contribution in [0.25, 0.3) is 0 Å². The summed E-state index contributed by atoms with van der Waals surface area (Å²) in [6.45, 7) is 1.88. The van der Waals surface area contributed by atoms with Crippen molar-refractivity contribution in [2.24, 2.45) is 4.99 Å². The zero-order chi connectivity index (χ0) is 17.9. The molecule has 2 aromatic carbocycles. The van der Waals surface area contributed by atoms with Gasteiger partial charge in [-0.3, -0.25) is 0 Å². The van der Waals surface area contributed by atoms with Crippen molar-refractivity contribution in [3.8, 4) is 11.8 Å². The Labute approximate surface area is 146 Å². The van der Waals surface area contributed by atoms with Crippen LogP contribution in [0.15, 0.2) is 65.7 Å². The summed E-state index contributed by atoms with van der Waals surface area (Å²) in [5.74, 6) is 4.59. The second kappa shape index (κ2) is 9.68. The summed E-state index contributed by atoms with van der Waals surface area (Å²) in [7, 11) is 0. The number of aliphatic imine (C=N–C) groups is 1. The van der Waals surface area contributed by atoms with Crippen LogP contribution in [0.5, 0.6) is 0 Å². The average molecular weight is 335 g/mol. The molecule has 0 fully saturated rings. The van der Waals surface area contributed by atoms with Gasteiger partial charge in [-0.15, -0.1) is 0 Å². The molecule has 0 bridgehead atoms. The second-order valence-corrected chi connectivity index (χ2v) is 4.84. The van der Waals surface area contributed by atoms with E-state index in [0.717, 1.165) is 5.56 Å². The number of benzene rings is 2. The number of hydrogen-bond acceptors (Lipinski definition) is 4. The molecule has 25 heavy (non-hydrogen) atoms. The van der Waals surface area contributed by atoms with E-state index in [2.05, 4.69) is 16.8 Å². The molecule has 0 aliphatic rings. The number of nitrogens with zero attached hydrogens (tertiary/aromatic N) is 1. The van der Waals surface area contributed by atoms with Gasteiger partial charge in [-0.25, -0.2) is 9.59 Å². The topological polar surface area (TPSA) is 65.0 Å². The Morgan fingerprint density at radius 3 is 2.24 bits per heavy atom. The van der Waals surface area contributed by atoms with Crippen molar-refractivity contribution in [2.45, 2.75) is 13.5 Å². The third kappa shape index (κ3) is 6.32. The van der Waals surface area contributed by atoms with Gasteiger partial charge in [-0.05, 0) is 30.5 Å².